The van der Waals surface area contributed by atoms with Gasteiger partial charge in [-0.15, -0.1) is 0 Å². The first kappa shape index (κ1) is 16.8. The Hall–Kier alpha value is -1.64. The summed E-state index contributed by atoms with van der Waals surface area (Å²) >= 11 is 0. The Balaban J connectivity index is 1.79. The molecule has 2 aromatic rings. The molecule has 3 unspecified atom stereocenters. The Morgan fingerprint density at radius 1 is 0.960 bits per heavy atom. The van der Waals surface area contributed by atoms with E-state index >= 15 is 0 Å². The summed E-state index contributed by atoms with van der Waals surface area (Å²) in [5.41, 5.74) is 4.11. The van der Waals surface area contributed by atoms with Gasteiger partial charge in [-0.3, -0.25) is 4.90 Å². The number of aliphatic hydroxyl groups is 1. The minimum atomic E-state index is -0.815. The molecule has 0 aliphatic carbocycles. The van der Waals surface area contributed by atoms with Gasteiger partial charge in [0.2, 0.25) is 0 Å². The molecule has 132 valence electrons. The minimum Gasteiger partial charge on any atom is -0.385 e. The third kappa shape index (κ3) is 2.82. The Bertz CT molecular complexity index is 741. The Kier molecular flexibility index (Phi) is 4.21. The highest BCUT2D eigenvalue weighted by molar-refractivity contribution is 5.34. The van der Waals surface area contributed by atoms with E-state index < -0.39 is 5.60 Å². The van der Waals surface area contributed by atoms with E-state index in [9.17, 15) is 5.11 Å². The monoisotopic (exact) mass is 335 g/mol. The zero-order valence-corrected chi connectivity index (χ0v) is 15.6. The molecule has 2 nitrogen and oxygen atoms in total. The van der Waals surface area contributed by atoms with E-state index in [1.165, 1.54) is 29.5 Å². The average molecular weight is 335 g/mol. The van der Waals surface area contributed by atoms with Gasteiger partial charge in [-0.2, -0.15) is 0 Å². The summed E-state index contributed by atoms with van der Waals surface area (Å²) in [6, 6.07) is 17.6. The molecule has 3 saturated heterocycles. The maximum atomic E-state index is 11.8. The first-order valence-corrected chi connectivity index (χ1v) is 9.57. The molecular formula is C23H29NO. The molecule has 3 aliphatic heterocycles. The lowest BCUT2D eigenvalue weighted by atomic mass is 9.62. The van der Waals surface area contributed by atoms with Gasteiger partial charge in [-0.05, 0) is 69.3 Å². The molecule has 1 N–H and O–H groups in total. The van der Waals surface area contributed by atoms with Crippen LogP contribution in [0.25, 0.3) is 0 Å². The Morgan fingerprint density at radius 3 is 2.24 bits per heavy atom. The van der Waals surface area contributed by atoms with Crippen molar-refractivity contribution in [3.63, 3.8) is 0 Å². The molecule has 3 aliphatic rings. The van der Waals surface area contributed by atoms with Crippen LogP contribution in [0.15, 0.2) is 48.5 Å². The molecule has 0 aromatic heterocycles. The SMILES string of the molecule is Cc1ccc(C2C(C(C)(O)c3ccccc3C)C3CCN2CC3)cc1. The number of fused-ring (bicyclic) bond motifs is 3. The number of hydrogen-bond donors (Lipinski definition) is 1. The van der Waals surface area contributed by atoms with Crippen molar-refractivity contribution >= 4 is 0 Å². The molecule has 2 bridgehead atoms. The molecule has 0 amide bonds. The maximum absolute atomic E-state index is 11.8. The topological polar surface area (TPSA) is 23.5 Å². The van der Waals surface area contributed by atoms with Crippen LogP contribution in [0.3, 0.4) is 0 Å². The molecule has 2 aromatic carbocycles. The second-order valence-corrected chi connectivity index (χ2v) is 8.22. The summed E-state index contributed by atoms with van der Waals surface area (Å²) < 4.78 is 0. The van der Waals surface area contributed by atoms with E-state index in [-0.39, 0.29) is 5.92 Å². The first-order chi connectivity index (χ1) is 12.0. The second-order valence-electron chi connectivity index (χ2n) is 8.22. The number of aryl methyl sites for hydroxylation is 2. The first-order valence-electron chi connectivity index (χ1n) is 9.57. The van der Waals surface area contributed by atoms with Crippen molar-refractivity contribution in [2.45, 2.75) is 45.3 Å². The average Bonchev–Trinajstić information content (AvgIpc) is 2.63. The summed E-state index contributed by atoms with van der Waals surface area (Å²) in [5.74, 6) is 0.824. The van der Waals surface area contributed by atoms with Gasteiger partial charge in [0.1, 0.15) is 0 Å². The van der Waals surface area contributed by atoms with Crippen molar-refractivity contribution in [3.05, 3.63) is 70.8 Å². The third-order valence-corrected chi connectivity index (χ3v) is 6.57. The summed E-state index contributed by atoms with van der Waals surface area (Å²) in [7, 11) is 0. The lowest BCUT2D eigenvalue weighted by Gasteiger charge is -2.56. The molecule has 5 rings (SSSR count). The lowest BCUT2D eigenvalue weighted by molar-refractivity contribution is -0.127. The van der Waals surface area contributed by atoms with Crippen LogP contribution in [0.1, 0.15) is 48.1 Å². The predicted octanol–water partition coefficient (Wildman–Crippen LogP) is 4.59. The van der Waals surface area contributed by atoms with Crippen molar-refractivity contribution in [2.24, 2.45) is 11.8 Å². The number of nitrogens with zero attached hydrogens (tertiary/aromatic N) is 1. The molecule has 3 fully saturated rings. The van der Waals surface area contributed by atoms with Gasteiger partial charge in [0.25, 0.3) is 0 Å². The van der Waals surface area contributed by atoms with Gasteiger partial charge in [-0.25, -0.2) is 0 Å². The number of rotatable bonds is 3. The standard InChI is InChI=1S/C23H29NO/c1-16-8-10-19(11-9-16)22-21(18-12-14-24(22)15-13-18)23(3,25)20-7-5-4-6-17(20)2/h4-11,18,21-22,25H,12-15H2,1-3H3. The predicted molar refractivity (Wildman–Crippen MR) is 102 cm³/mol. The molecule has 3 atom stereocenters. The fraction of sp³-hybridized carbons (Fsp3) is 0.478. The van der Waals surface area contributed by atoms with Crippen LogP contribution in [0, 0.1) is 25.7 Å². The maximum Gasteiger partial charge on any atom is 0.0920 e. The highest BCUT2D eigenvalue weighted by Gasteiger charge is 2.51. The highest BCUT2D eigenvalue weighted by atomic mass is 16.3. The van der Waals surface area contributed by atoms with Gasteiger partial charge in [0.15, 0.2) is 0 Å². The molecule has 0 saturated carbocycles. The fourth-order valence-electron chi connectivity index (χ4n) is 5.31. The van der Waals surface area contributed by atoms with Crippen LogP contribution in [-0.4, -0.2) is 23.1 Å². The normalized spacial score (nSPS) is 30.9. The quantitative estimate of drug-likeness (QED) is 0.886. The summed E-state index contributed by atoms with van der Waals surface area (Å²) in [6.07, 6.45) is 2.41. The van der Waals surface area contributed by atoms with E-state index in [0.29, 0.717) is 12.0 Å². The van der Waals surface area contributed by atoms with Crippen LogP contribution in [0.2, 0.25) is 0 Å². The zero-order chi connectivity index (χ0) is 17.6. The van der Waals surface area contributed by atoms with Crippen LogP contribution in [0.5, 0.6) is 0 Å². The van der Waals surface area contributed by atoms with E-state index in [2.05, 4.69) is 67.3 Å². The molecule has 2 heteroatoms. The number of hydrogen-bond acceptors (Lipinski definition) is 2. The second kappa shape index (κ2) is 6.26. The summed E-state index contributed by atoms with van der Waals surface area (Å²) in [4.78, 5) is 2.60. The molecular weight excluding hydrogens is 306 g/mol. The molecule has 0 radical (unpaired) electrons. The van der Waals surface area contributed by atoms with E-state index in [0.717, 1.165) is 18.7 Å². The zero-order valence-electron chi connectivity index (χ0n) is 15.6. The summed E-state index contributed by atoms with van der Waals surface area (Å²) in [5, 5.41) is 11.8. The van der Waals surface area contributed by atoms with E-state index in [4.69, 9.17) is 0 Å². The van der Waals surface area contributed by atoms with E-state index in [1.807, 2.05) is 6.92 Å². The fourth-order valence-corrected chi connectivity index (χ4v) is 5.31. The van der Waals surface area contributed by atoms with Crippen molar-refractivity contribution in [1.29, 1.82) is 0 Å². The molecule has 0 spiro atoms. The van der Waals surface area contributed by atoms with Crippen LogP contribution in [0.4, 0.5) is 0 Å². The lowest BCUT2D eigenvalue weighted by Crippen LogP contribution is -2.56. The van der Waals surface area contributed by atoms with Gasteiger partial charge >= 0.3 is 0 Å². The van der Waals surface area contributed by atoms with Crippen LogP contribution in [-0.2, 0) is 5.60 Å². The van der Waals surface area contributed by atoms with Crippen LogP contribution < -0.4 is 0 Å². The van der Waals surface area contributed by atoms with Gasteiger partial charge in [0.05, 0.1) is 5.60 Å². The smallest absolute Gasteiger partial charge is 0.0920 e. The van der Waals surface area contributed by atoms with Crippen LogP contribution >= 0.6 is 0 Å². The Morgan fingerprint density at radius 2 is 1.60 bits per heavy atom. The molecule has 25 heavy (non-hydrogen) atoms. The summed E-state index contributed by atoms with van der Waals surface area (Å²) in [6.45, 7) is 8.61. The van der Waals surface area contributed by atoms with Crippen molar-refractivity contribution in [1.82, 2.24) is 4.90 Å². The van der Waals surface area contributed by atoms with Crippen molar-refractivity contribution < 1.29 is 5.11 Å². The minimum absolute atomic E-state index is 0.235. The van der Waals surface area contributed by atoms with Gasteiger partial charge < -0.3 is 5.11 Å². The van der Waals surface area contributed by atoms with Crippen molar-refractivity contribution in [3.8, 4) is 0 Å². The Labute approximate surface area is 151 Å². The number of benzene rings is 2. The molecule has 3 heterocycles. The highest BCUT2D eigenvalue weighted by Crippen LogP contribution is 2.53. The van der Waals surface area contributed by atoms with Crippen molar-refractivity contribution in [2.75, 3.05) is 13.1 Å². The number of piperidine rings is 3. The van der Waals surface area contributed by atoms with Gasteiger partial charge in [-0.1, -0.05) is 54.1 Å². The van der Waals surface area contributed by atoms with E-state index in [1.54, 1.807) is 0 Å². The third-order valence-electron chi connectivity index (χ3n) is 6.57. The van der Waals surface area contributed by atoms with Gasteiger partial charge in [0, 0.05) is 12.0 Å². The largest absolute Gasteiger partial charge is 0.385 e.